The van der Waals surface area contributed by atoms with Gasteiger partial charge in [-0.15, -0.1) is 0 Å². The molecule has 1 atom stereocenters. The van der Waals surface area contributed by atoms with Crippen molar-refractivity contribution in [2.24, 2.45) is 17.1 Å². The van der Waals surface area contributed by atoms with Crippen molar-refractivity contribution < 1.29 is 9.90 Å². The third kappa shape index (κ3) is 2.16. The first-order valence-electron chi connectivity index (χ1n) is 5.71. The zero-order valence-corrected chi connectivity index (χ0v) is 9.28. The van der Waals surface area contributed by atoms with E-state index < -0.39 is 12.0 Å². The highest BCUT2D eigenvalue weighted by atomic mass is 16.4. The predicted molar refractivity (Wildman–Crippen MR) is 57.5 cm³/mol. The van der Waals surface area contributed by atoms with E-state index in [1.54, 1.807) is 0 Å². The van der Waals surface area contributed by atoms with Crippen molar-refractivity contribution in [3.8, 4) is 0 Å². The van der Waals surface area contributed by atoms with Gasteiger partial charge in [0, 0.05) is 19.6 Å². The molecule has 4 heteroatoms. The molecule has 1 unspecified atom stereocenters. The maximum Gasteiger partial charge on any atom is 0.320 e. The van der Waals surface area contributed by atoms with Crippen LogP contribution in [0.4, 0.5) is 0 Å². The van der Waals surface area contributed by atoms with Gasteiger partial charge in [-0.1, -0.05) is 6.92 Å². The number of carboxylic acids is 1. The Kier molecular flexibility index (Phi) is 2.73. The third-order valence-electron chi connectivity index (χ3n) is 3.75. The van der Waals surface area contributed by atoms with Crippen molar-refractivity contribution in [3.63, 3.8) is 0 Å². The van der Waals surface area contributed by atoms with Gasteiger partial charge in [-0.2, -0.15) is 0 Å². The maximum absolute atomic E-state index is 10.5. The van der Waals surface area contributed by atoms with Crippen LogP contribution in [0, 0.1) is 11.3 Å². The summed E-state index contributed by atoms with van der Waals surface area (Å²) in [6.07, 6.45) is 3.28. The van der Waals surface area contributed by atoms with Gasteiger partial charge in [0.1, 0.15) is 6.04 Å². The zero-order valence-electron chi connectivity index (χ0n) is 9.28. The standard InChI is InChI=1S/C11H20N2O2/c1-8-4-11(5-8)6-13(7-11)3-2-9(12)10(14)15/h8-9H,2-7,12H2,1H3,(H,14,15). The molecule has 1 heterocycles. The highest BCUT2D eigenvalue weighted by Crippen LogP contribution is 2.51. The molecule has 0 aromatic carbocycles. The molecule has 2 rings (SSSR count). The van der Waals surface area contributed by atoms with Gasteiger partial charge in [-0.25, -0.2) is 0 Å². The smallest absolute Gasteiger partial charge is 0.320 e. The first-order valence-corrected chi connectivity index (χ1v) is 5.71. The van der Waals surface area contributed by atoms with Crippen LogP contribution >= 0.6 is 0 Å². The third-order valence-corrected chi connectivity index (χ3v) is 3.75. The number of hydrogen-bond donors (Lipinski definition) is 2. The Balaban J connectivity index is 1.62. The molecular formula is C11H20N2O2. The number of likely N-dealkylation sites (tertiary alicyclic amines) is 1. The number of nitrogens with zero attached hydrogens (tertiary/aromatic N) is 1. The lowest BCUT2D eigenvalue weighted by molar-refractivity contribution is -0.139. The summed E-state index contributed by atoms with van der Waals surface area (Å²) in [6, 6.07) is -0.693. The summed E-state index contributed by atoms with van der Waals surface area (Å²) in [5, 5.41) is 8.64. The molecule has 86 valence electrons. The van der Waals surface area contributed by atoms with Crippen LogP contribution in [-0.2, 0) is 4.79 Å². The summed E-state index contributed by atoms with van der Waals surface area (Å²) in [5.74, 6) is 0.0101. The Hall–Kier alpha value is -0.610. The van der Waals surface area contributed by atoms with E-state index in [1.165, 1.54) is 12.8 Å². The number of nitrogens with two attached hydrogens (primary N) is 1. The normalized spacial score (nSPS) is 27.1. The van der Waals surface area contributed by atoms with E-state index in [9.17, 15) is 4.79 Å². The van der Waals surface area contributed by atoms with Crippen LogP contribution in [0.5, 0.6) is 0 Å². The second kappa shape index (κ2) is 3.76. The molecule has 0 aromatic heterocycles. The largest absolute Gasteiger partial charge is 0.480 e. The quantitative estimate of drug-likeness (QED) is 0.713. The predicted octanol–water partition coefficient (Wildman–Crippen LogP) is 0.520. The van der Waals surface area contributed by atoms with Crippen molar-refractivity contribution in [1.82, 2.24) is 4.90 Å². The van der Waals surface area contributed by atoms with E-state index in [-0.39, 0.29) is 0 Å². The highest BCUT2D eigenvalue weighted by molar-refractivity contribution is 5.72. The van der Waals surface area contributed by atoms with Gasteiger partial charge in [0.05, 0.1) is 0 Å². The van der Waals surface area contributed by atoms with Crippen LogP contribution < -0.4 is 5.73 Å². The fourth-order valence-electron chi connectivity index (χ4n) is 3.18. The van der Waals surface area contributed by atoms with Crippen LogP contribution in [0.2, 0.25) is 0 Å². The van der Waals surface area contributed by atoms with Crippen molar-refractivity contribution >= 4 is 5.97 Å². The minimum Gasteiger partial charge on any atom is -0.480 e. The Morgan fingerprint density at radius 3 is 2.67 bits per heavy atom. The van der Waals surface area contributed by atoms with E-state index in [2.05, 4.69) is 11.8 Å². The molecule has 1 aliphatic heterocycles. The van der Waals surface area contributed by atoms with Gasteiger partial charge in [0.2, 0.25) is 0 Å². The van der Waals surface area contributed by atoms with Crippen LogP contribution in [-0.4, -0.2) is 41.7 Å². The summed E-state index contributed by atoms with van der Waals surface area (Å²) < 4.78 is 0. The highest BCUT2D eigenvalue weighted by Gasteiger charge is 2.50. The molecule has 0 radical (unpaired) electrons. The van der Waals surface area contributed by atoms with E-state index in [1.807, 2.05) is 0 Å². The van der Waals surface area contributed by atoms with Gasteiger partial charge in [-0.05, 0) is 30.6 Å². The van der Waals surface area contributed by atoms with Crippen molar-refractivity contribution in [3.05, 3.63) is 0 Å². The molecule has 1 saturated heterocycles. The Labute approximate surface area is 90.4 Å². The fourth-order valence-corrected chi connectivity index (χ4v) is 3.18. The molecule has 0 bridgehead atoms. The molecule has 2 fully saturated rings. The van der Waals surface area contributed by atoms with Gasteiger partial charge in [-0.3, -0.25) is 4.79 Å². The van der Waals surface area contributed by atoms with E-state index in [0.29, 0.717) is 11.8 Å². The molecule has 0 amide bonds. The summed E-state index contributed by atoms with van der Waals surface area (Å²) in [5.41, 5.74) is 6.06. The molecule has 2 aliphatic rings. The van der Waals surface area contributed by atoms with Crippen molar-refractivity contribution in [2.45, 2.75) is 32.2 Å². The molecule has 3 N–H and O–H groups in total. The number of rotatable bonds is 4. The average Bonchev–Trinajstić information content (AvgIpc) is 2.05. The first-order chi connectivity index (χ1) is 7.01. The Morgan fingerprint density at radius 1 is 1.60 bits per heavy atom. The Morgan fingerprint density at radius 2 is 2.20 bits per heavy atom. The summed E-state index contributed by atoms with van der Waals surface area (Å²) in [6.45, 7) is 5.45. The molecular weight excluding hydrogens is 192 g/mol. The van der Waals surface area contributed by atoms with Crippen LogP contribution in [0.1, 0.15) is 26.2 Å². The van der Waals surface area contributed by atoms with Gasteiger partial charge in [0.25, 0.3) is 0 Å². The maximum atomic E-state index is 10.5. The minimum absolute atomic E-state index is 0.570. The van der Waals surface area contributed by atoms with E-state index >= 15 is 0 Å². The number of hydrogen-bond acceptors (Lipinski definition) is 3. The molecule has 15 heavy (non-hydrogen) atoms. The summed E-state index contributed by atoms with van der Waals surface area (Å²) >= 11 is 0. The van der Waals surface area contributed by atoms with Crippen molar-refractivity contribution in [1.29, 1.82) is 0 Å². The SMILES string of the molecule is CC1CC2(C1)CN(CCC(N)C(=O)O)C2. The summed E-state index contributed by atoms with van der Waals surface area (Å²) in [7, 11) is 0. The number of carboxylic acid groups (broad SMARTS) is 1. The molecule has 1 aliphatic carbocycles. The lowest BCUT2D eigenvalue weighted by Gasteiger charge is -2.59. The van der Waals surface area contributed by atoms with E-state index in [0.717, 1.165) is 25.6 Å². The van der Waals surface area contributed by atoms with Crippen molar-refractivity contribution in [2.75, 3.05) is 19.6 Å². The zero-order chi connectivity index (χ0) is 11.1. The molecule has 0 aromatic rings. The average molecular weight is 212 g/mol. The molecule has 1 saturated carbocycles. The fraction of sp³-hybridized carbons (Fsp3) is 0.909. The van der Waals surface area contributed by atoms with Crippen LogP contribution in [0.3, 0.4) is 0 Å². The number of carbonyl (C=O) groups is 1. The lowest BCUT2D eigenvalue weighted by atomic mass is 9.58. The minimum atomic E-state index is -0.887. The van der Waals surface area contributed by atoms with Gasteiger partial charge in [0.15, 0.2) is 0 Å². The Bertz CT molecular complexity index is 253. The summed E-state index contributed by atoms with van der Waals surface area (Å²) in [4.78, 5) is 12.8. The number of aliphatic carboxylic acids is 1. The molecule has 4 nitrogen and oxygen atoms in total. The topological polar surface area (TPSA) is 66.6 Å². The molecule has 1 spiro atoms. The monoisotopic (exact) mass is 212 g/mol. The van der Waals surface area contributed by atoms with Gasteiger partial charge < -0.3 is 15.7 Å². The van der Waals surface area contributed by atoms with Gasteiger partial charge >= 0.3 is 5.97 Å². The lowest BCUT2D eigenvalue weighted by Crippen LogP contribution is -2.62. The van der Waals surface area contributed by atoms with Crippen LogP contribution in [0.15, 0.2) is 0 Å². The first kappa shape index (κ1) is 10.9. The second-order valence-corrected chi connectivity index (χ2v) is 5.46. The second-order valence-electron chi connectivity index (χ2n) is 5.46. The van der Waals surface area contributed by atoms with E-state index in [4.69, 9.17) is 10.8 Å². The van der Waals surface area contributed by atoms with Crippen LogP contribution in [0.25, 0.3) is 0 Å².